The van der Waals surface area contributed by atoms with E-state index in [2.05, 4.69) is 28.5 Å². The van der Waals surface area contributed by atoms with E-state index in [0.29, 0.717) is 5.56 Å². The van der Waals surface area contributed by atoms with Crippen LogP contribution in [-0.4, -0.2) is 28.3 Å². The van der Waals surface area contributed by atoms with E-state index in [1.54, 1.807) is 6.20 Å². The smallest absolute Gasteiger partial charge is 0.337 e. The van der Waals surface area contributed by atoms with Gasteiger partial charge in [-0.05, 0) is 106 Å². The molecule has 0 spiro atoms. The largest absolute Gasteiger partial charge is 0.493 e. The minimum absolute atomic E-state index is 0.653. The third-order valence-corrected chi connectivity index (χ3v) is 6.86. The summed E-state index contributed by atoms with van der Waals surface area (Å²) in [4.78, 5) is 17.3. The Morgan fingerprint density at radius 3 is 2.66 bits per heavy atom. The summed E-state index contributed by atoms with van der Waals surface area (Å²) in [6, 6.07) is 18.2. The van der Waals surface area contributed by atoms with Crippen LogP contribution in [0.1, 0.15) is 55.5 Å². The van der Waals surface area contributed by atoms with Crippen molar-refractivity contribution in [3.05, 3.63) is 83.0 Å². The standard InChI is InChI=1S/C32H34N2O4/c1-19-15-26(34-24-17-21-9-6-7-11-25(21)33-18-24)20(2)29(30(31(35)36)38-32(3,4)5)28(19)23-12-13-27-22(16-23)10-8-14-37-27/h6-7,9,11-13,15-18,30,34H,8,10,14H2,1-5H3,(H,35,36). The molecule has 2 N–H and O–H groups in total. The lowest BCUT2D eigenvalue weighted by Crippen LogP contribution is -2.28. The third-order valence-electron chi connectivity index (χ3n) is 6.86. The average Bonchev–Trinajstić information content (AvgIpc) is 2.88. The van der Waals surface area contributed by atoms with Gasteiger partial charge in [0.05, 0.1) is 29.6 Å². The molecule has 6 nitrogen and oxygen atoms in total. The number of rotatable bonds is 6. The topological polar surface area (TPSA) is 80.7 Å². The van der Waals surface area contributed by atoms with E-state index in [1.165, 1.54) is 0 Å². The highest BCUT2D eigenvalue weighted by Crippen LogP contribution is 2.42. The molecule has 38 heavy (non-hydrogen) atoms. The maximum atomic E-state index is 12.7. The minimum Gasteiger partial charge on any atom is -0.493 e. The molecule has 1 aliphatic rings. The molecule has 0 saturated carbocycles. The quantitative estimate of drug-likeness (QED) is 0.279. The van der Waals surface area contributed by atoms with Crippen molar-refractivity contribution in [1.29, 1.82) is 0 Å². The molecule has 0 radical (unpaired) electrons. The van der Waals surface area contributed by atoms with Gasteiger partial charge in [-0.1, -0.05) is 24.3 Å². The minimum atomic E-state index is -1.15. The number of hydrogen-bond donors (Lipinski definition) is 2. The highest BCUT2D eigenvalue weighted by atomic mass is 16.5. The van der Waals surface area contributed by atoms with Crippen LogP contribution in [0.3, 0.4) is 0 Å². The number of nitrogens with zero attached hydrogens (tertiary/aromatic N) is 1. The van der Waals surface area contributed by atoms with Crippen LogP contribution in [0.25, 0.3) is 22.0 Å². The molecular weight excluding hydrogens is 476 g/mol. The van der Waals surface area contributed by atoms with Gasteiger partial charge in [0, 0.05) is 16.6 Å². The van der Waals surface area contributed by atoms with Crippen LogP contribution in [0.4, 0.5) is 11.4 Å². The Kier molecular flexibility index (Phi) is 6.84. The predicted molar refractivity (Wildman–Crippen MR) is 151 cm³/mol. The maximum Gasteiger partial charge on any atom is 0.337 e. The Bertz CT molecular complexity index is 1520. The van der Waals surface area contributed by atoms with Gasteiger partial charge in [0.2, 0.25) is 0 Å². The van der Waals surface area contributed by atoms with Gasteiger partial charge in [0.1, 0.15) is 5.75 Å². The molecule has 0 amide bonds. The fraction of sp³-hybridized carbons (Fsp3) is 0.312. The SMILES string of the molecule is Cc1cc(Nc2cnc3ccccc3c2)c(C)c(C(OC(C)(C)C)C(=O)O)c1-c1ccc2c(c1)CCCO2. The number of hydrogen-bond acceptors (Lipinski definition) is 5. The van der Waals surface area contributed by atoms with Gasteiger partial charge in [0.15, 0.2) is 6.10 Å². The molecule has 0 aliphatic carbocycles. The molecule has 1 aromatic heterocycles. The number of aliphatic carboxylic acids is 1. The maximum absolute atomic E-state index is 12.7. The van der Waals surface area contributed by atoms with Crippen molar-refractivity contribution >= 4 is 28.2 Å². The third kappa shape index (κ3) is 5.22. The van der Waals surface area contributed by atoms with Crippen molar-refractivity contribution in [3.8, 4) is 16.9 Å². The summed E-state index contributed by atoms with van der Waals surface area (Å²) in [6.45, 7) is 10.3. The molecule has 1 atom stereocenters. The van der Waals surface area contributed by atoms with Crippen molar-refractivity contribution in [2.24, 2.45) is 0 Å². The second-order valence-corrected chi connectivity index (χ2v) is 10.9. The number of aryl methyl sites for hydroxylation is 2. The molecule has 1 aliphatic heterocycles. The van der Waals surface area contributed by atoms with Crippen LogP contribution < -0.4 is 10.1 Å². The summed E-state index contributed by atoms with van der Waals surface area (Å²) < 4.78 is 12.0. The number of nitrogens with one attached hydrogen (secondary N) is 1. The molecule has 196 valence electrons. The van der Waals surface area contributed by atoms with Crippen molar-refractivity contribution < 1.29 is 19.4 Å². The second-order valence-electron chi connectivity index (χ2n) is 10.9. The van der Waals surface area contributed by atoms with Gasteiger partial charge in [-0.25, -0.2) is 4.79 Å². The van der Waals surface area contributed by atoms with Gasteiger partial charge >= 0.3 is 5.97 Å². The van der Waals surface area contributed by atoms with E-state index in [-0.39, 0.29) is 0 Å². The molecule has 6 heteroatoms. The number of carboxylic acids is 1. The summed E-state index contributed by atoms with van der Waals surface area (Å²) in [7, 11) is 0. The average molecular weight is 511 g/mol. The van der Waals surface area contributed by atoms with Crippen molar-refractivity contribution in [3.63, 3.8) is 0 Å². The van der Waals surface area contributed by atoms with Crippen LogP contribution in [0.2, 0.25) is 0 Å². The van der Waals surface area contributed by atoms with Gasteiger partial charge in [-0.3, -0.25) is 4.98 Å². The fourth-order valence-electron chi connectivity index (χ4n) is 5.18. The molecule has 5 rings (SSSR count). The lowest BCUT2D eigenvalue weighted by Gasteiger charge is -2.30. The lowest BCUT2D eigenvalue weighted by molar-refractivity contribution is -0.160. The number of anilines is 2. The number of carboxylic acid groups (broad SMARTS) is 1. The molecule has 0 bridgehead atoms. The molecule has 0 fully saturated rings. The van der Waals surface area contributed by atoms with Gasteiger partial charge in [0.25, 0.3) is 0 Å². The normalized spacial score (nSPS) is 14.0. The van der Waals surface area contributed by atoms with Crippen LogP contribution in [-0.2, 0) is 16.0 Å². The Hall–Kier alpha value is -3.90. The van der Waals surface area contributed by atoms with Crippen LogP contribution in [0.15, 0.2) is 60.8 Å². The number of carbonyl (C=O) groups is 1. The lowest BCUT2D eigenvalue weighted by atomic mass is 9.86. The van der Waals surface area contributed by atoms with Crippen LogP contribution in [0, 0.1) is 13.8 Å². The molecule has 4 aromatic rings. The number of fused-ring (bicyclic) bond motifs is 2. The van der Waals surface area contributed by atoms with Crippen molar-refractivity contribution in [2.75, 3.05) is 11.9 Å². The molecule has 3 aromatic carbocycles. The van der Waals surface area contributed by atoms with E-state index in [1.807, 2.05) is 71.0 Å². The van der Waals surface area contributed by atoms with Gasteiger partial charge in [-0.15, -0.1) is 0 Å². The zero-order valence-corrected chi connectivity index (χ0v) is 22.6. The van der Waals surface area contributed by atoms with Crippen molar-refractivity contribution in [2.45, 2.75) is 59.2 Å². The number of pyridine rings is 1. The van der Waals surface area contributed by atoms with Crippen LogP contribution >= 0.6 is 0 Å². The molecular formula is C32H34N2O4. The Morgan fingerprint density at radius 2 is 1.89 bits per heavy atom. The first kappa shape index (κ1) is 25.7. The summed E-state index contributed by atoms with van der Waals surface area (Å²) in [5.41, 5.74) is 7.35. The predicted octanol–water partition coefficient (Wildman–Crippen LogP) is 7.53. The van der Waals surface area contributed by atoms with Gasteiger partial charge in [-0.2, -0.15) is 0 Å². The fourth-order valence-corrected chi connectivity index (χ4v) is 5.18. The molecule has 1 unspecified atom stereocenters. The van der Waals surface area contributed by atoms with E-state index in [4.69, 9.17) is 9.47 Å². The highest BCUT2D eigenvalue weighted by Gasteiger charge is 2.32. The monoisotopic (exact) mass is 510 g/mol. The number of benzene rings is 3. The zero-order valence-electron chi connectivity index (χ0n) is 22.6. The first-order chi connectivity index (χ1) is 18.1. The molecule has 2 heterocycles. The number of para-hydroxylation sites is 1. The first-order valence-electron chi connectivity index (χ1n) is 13.0. The number of ether oxygens (including phenoxy) is 2. The van der Waals surface area contributed by atoms with Crippen LogP contribution in [0.5, 0.6) is 5.75 Å². The second kappa shape index (κ2) is 10.1. The Balaban J connectivity index is 1.68. The van der Waals surface area contributed by atoms with Gasteiger partial charge < -0.3 is 19.9 Å². The molecule has 0 saturated heterocycles. The van der Waals surface area contributed by atoms with Crippen molar-refractivity contribution in [1.82, 2.24) is 4.98 Å². The summed E-state index contributed by atoms with van der Waals surface area (Å²) in [5.74, 6) is -0.117. The zero-order chi connectivity index (χ0) is 27.0. The summed E-state index contributed by atoms with van der Waals surface area (Å²) in [5, 5.41) is 14.9. The van der Waals surface area contributed by atoms with E-state index in [9.17, 15) is 9.90 Å². The number of aromatic nitrogens is 1. The van der Waals surface area contributed by atoms with E-state index < -0.39 is 17.7 Å². The van der Waals surface area contributed by atoms with E-state index >= 15 is 0 Å². The highest BCUT2D eigenvalue weighted by molar-refractivity contribution is 5.87. The Morgan fingerprint density at radius 1 is 1.11 bits per heavy atom. The summed E-state index contributed by atoms with van der Waals surface area (Å²) >= 11 is 0. The first-order valence-corrected chi connectivity index (χ1v) is 13.0. The van der Waals surface area contributed by atoms with E-state index in [0.717, 1.165) is 75.3 Å². The summed E-state index contributed by atoms with van der Waals surface area (Å²) in [6.07, 6.45) is 2.56. The Labute approximate surface area is 223 Å².